The molecule has 1 aliphatic heterocycles. The van der Waals surface area contributed by atoms with Gasteiger partial charge in [0.05, 0.1) is 23.9 Å². The van der Waals surface area contributed by atoms with Crippen molar-refractivity contribution in [2.45, 2.75) is 30.4 Å². The quantitative estimate of drug-likeness (QED) is 0.556. The molecule has 2 heterocycles. The fourth-order valence-electron chi connectivity index (χ4n) is 3.11. The van der Waals surface area contributed by atoms with Crippen LogP contribution in [0.2, 0.25) is 0 Å². The summed E-state index contributed by atoms with van der Waals surface area (Å²) in [6.45, 7) is 1.28. The molecule has 4 nitrogen and oxygen atoms in total. The maximum absolute atomic E-state index is 12.7. The molecule has 1 unspecified atom stereocenters. The van der Waals surface area contributed by atoms with Crippen LogP contribution in [0.3, 0.4) is 0 Å². The number of aromatic nitrogens is 1. The number of thiazole rings is 1. The molecule has 0 radical (unpaired) electrons. The number of amides is 1. The average Bonchev–Trinajstić information content (AvgIpc) is 3.43. The van der Waals surface area contributed by atoms with Gasteiger partial charge in [-0.1, -0.05) is 42.5 Å². The van der Waals surface area contributed by atoms with Crippen LogP contribution in [0.25, 0.3) is 10.6 Å². The smallest absolute Gasteiger partial charge is 0.252 e. The average molecular weight is 411 g/mol. The second kappa shape index (κ2) is 9.37. The van der Waals surface area contributed by atoms with E-state index in [0.29, 0.717) is 18.2 Å². The lowest BCUT2D eigenvalue weighted by atomic mass is 10.2. The van der Waals surface area contributed by atoms with Crippen molar-refractivity contribution in [2.24, 2.45) is 0 Å². The minimum absolute atomic E-state index is 0.0651. The van der Waals surface area contributed by atoms with E-state index in [1.54, 1.807) is 23.1 Å². The zero-order chi connectivity index (χ0) is 19.2. The number of rotatable bonds is 7. The Kier molecular flexibility index (Phi) is 6.41. The van der Waals surface area contributed by atoms with Crippen LogP contribution in [0.4, 0.5) is 0 Å². The van der Waals surface area contributed by atoms with E-state index in [4.69, 9.17) is 4.74 Å². The van der Waals surface area contributed by atoms with E-state index in [-0.39, 0.29) is 5.91 Å². The van der Waals surface area contributed by atoms with Crippen molar-refractivity contribution < 1.29 is 9.53 Å². The van der Waals surface area contributed by atoms with Gasteiger partial charge in [0.2, 0.25) is 0 Å². The van der Waals surface area contributed by atoms with Gasteiger partial charge in [-0.05, 0) is 25.0 Å². The van der Waals surface area contributed by atoms with E-state index in [1.807, 2.05) is 60.0 Å². The molecular formula is C22H22N2O2S2. The molecule has 6 heteroatoms. The zero-order valence-electron chi connectivity index (χ0n) is 15.5. The van der Waals surface area contributed by atoms with Gasteiger partial charge in [-0.2, -0.15) is 0 Å². The number of hydrogen-bond acceptors (Lipinski definition) is 5. The summed E-state index contributed by atoms with van der Waals surface area (Å²) in [7, 11) is 0. The van der Waals surface area contributed by atoms with Crippen molar-refractivity contribution in [2.75, 3.05) is 12.4 Å². The Hall–Kier alpha value is -2.15. The highest BCUT2D eigenvalue weighted by Gasteiger charge is 2.18. The zero-order valence-corrected chi connectivity index (χ0v) is 17.1. The van der Waals surface area contributed by atoms with Gasteiger partial charge in [0.1, 0.15) is 5.01 Å². The maximum Gasteiger partial charge on any atom is 0.252 e. The van der Waals surface area contributed by atoms with Crippen LogP contribution in [-0.2, 0) is 11.3 Å². The molecule has 1 atom stereocenters. The molecule has 144 valence electrons. The standard InChI is InChI=1S/C22H22N2O2S2/c25-21(19-10-4-5-11-20(19)27-15-18-9-6-12-26-18)23-13-17-14-28-22(24-17)16-7-2-1-3-8-16/h1-5,7-8,10-11,14,18H,6,9,12-13,15H2,(H,23,25). The van der Waals surface area contributed by atoms with Crippen molar-refractivity contribution >= 4 is 29.0 Å². The highest BCUT2D eigenvalue weighted by molar-refractivity contribution is 7.99. The molecule has 1 amide bonds. The minimum atomic E-state index is -0.0651. The van der Waals surface area contributed by atoms with Gasteiger partial charge in [-0.25, -0.2) is 4.98 Å². The van der Waals surface area contributed by atoms with E-state index in [1.165, 1.54) is 0 Å². The third-order valence-corrected chi connectivity index (χ3v) is 6.73. The van der Waals surface area contributed by atoms with Crippen molar-refractivity contribution in [1.82, 2.24) is 10.3 Å². The van der Waals surface area contributed by atoms with Crippen molar-refractivity contribution in [3.63, 3.8) is 0 Å². The molecule has 1 aliphatic rings. The number of benzene rings is 2. The summed E-state index contributed by atoms with van der Waals surface area (Å²) in [6.07, 6.45) is 2.54. The molecule has 0 bridgehead atoms. The molecular weight excluding hydrogens is 388 g/mol. The number of ether oxygens (including phenoxy) is 1. The van der Waals surface area contributed by atoms with Gasteiger partial charge in [0.25, 0.3) is 5.91 Å². The number of thioether (sulfide) groups is 1. The first-order valence-electron chi connectivity index (χ1n) is 9.41. The number of carbonyl (C=O) groups is 1. The monoisotopic (exact) mass is 410 g/mol. The molecule has 1 fully saturated rings. The Labute approximate surface area is 173 Å². The predicted octanol–water partition coefficient (Wildman–Crippen LogP) is 5.01. The molecule has 1 saturated heterocycles. The fourth-order valence-corrected chi connectivity index (χ4v) is 5.05. The van der Waals surface area contributed by atoms with Crippen LogP contribution in [0.5, 0.6) is 0 Å². The lowest BCUT2D eigenvalue weighted by Crippen LogP contribution is -2.23. The largest absolute Gasteiger partial charge is 0.377 e. The summed E-state index contributed by atoms with van der Waals surface area (Å²) in [4.78, 5) is 18.4. The number of carbonyl (C=O) groups excluding carboxylic acids is 1. The molecule has 0 spiro atoms. The normalized spacial score (nSPS) is 16.2. The summed E-state index contributed by atoms with van der Waals surface area (Å²) in [5.74, 6) is 0.821. The first-order chi connectivity index (χ1) is 13.8. The van der Waals surface area contributed by atoms with Crippen LogP contribution < -0.4 is 5.32 Å². The van der Waals surface area contributed by atoms with Crippen LogP contribution in [0.15, 0.2) is 64.9 Å². The van der Waals surface area contributed by atoms with Crippen molar-refractivity contribution in [1.29, 1.82) is 0 Å². The molecule has 2 aromatic carbocycles. The number of hydrogen-bond donors (Lipinski definition) is 1. The highest BCUT2D eigenvalue weighted by Crippen LogP contribution is 2.27. The Bertz CT molecular complexity index is 921. The first-order valence-corrected chi connectivity index (χ1v) is 11.3. The highest BCUT2D eigenvalue weighted by atomic mass is 32.2. The number of nitrogens with one attached hydrogen (secondary N) is 1. The molecule has 3 aromatic rings. The fraction of sp³-hybridized carbons (Fsp3) is 0.273. The van der Waals surface area contributed by atoms with Crippen molar-refractivity contribution in [3.05, 3.63) is 71.2 Å². The van der Waals surface area contributed by atoms with Crippen LogP contribution in [-0.4, -0.2) is 29.4 Å². The predicted molar refractivity (Wildman–Crippen MR) is 115 cm³/mol. The summed E-state index contributed by atoms with van der Waals surface area (Å²) in [6, 6.07) is 17.8. The van der Waals surface area contributed by atoms with Crippen LogP contribution in [0, 0.1) is 0 Å². The van der Waals surface area contributed by atoms with Crippen LogP contribution in [0.1, 0.15) is 28.9 Å². The van der Waals surface area contributed by atoms with Gasteiger partial charge in [0, 0.05) is 28.2 Å². The van der Waals surface area contributed by atoms with E-state index in [0.717, 1.165) is 46.4 Å². The summed E-state index contributed by atoms with van der Waals surface area (Å²) < 4.78 is 5.69. The molecule has 0 aliphatic carbocycles. The molecule has 1 aromatic heterocycles. The minimum Gasteiger partial charge on any atom is -0.377 e. The van der Waals surface area contributed by atoms with Gasteiger partial charge in [0.15, 0.2) is 0 Å². The van der Waals surface area contributed by atoms with E-state index >= 15 is 0 Å². The van der Waals surface area contributed by atoms with E-state index in [9.17, 15) is 4.79 Å². The summed E-state index contributed by atoms with van der Waals surface area (Å²) in [5, 5.41) is 5.98. The van der Waals surface area contributed by atoms with E-state index < -0.39 is 0 Å². The summed E-state index contributed by atoms with van der Waals surface area (Å²) >= 11 is 3.29. The SMILES string of the molecule is O=C(NCc1csc(-c2ccccc2)n1)c1ccccc1SCC1CCCO1. The Morgan fingerprint density at radius 3 is 2.82 bits per heavy atom. The second-order valence-corrected chi connectivity index (χ2v) is 8.55. The molecule has 1 N–H and O–H groups in total. The maximum atomic E-state index is 12.7. The summed E-state index contributed by atoms with van der Waals surface area (Å²) in [5.41, 5.74) is 2.69. The third-order valence-electron chi connectivity index (χ3n) is 4.58. The lowest BCUT2D eigenvalue weighted by Gasteiger charge is -2.12. The Balaban J connectivity index is 1.37. The Morgan fingerprint density at radius 1 is 1.18 bits per heavy atom. The first kappa shape index (κ1) is 19.2. The molecule has 28 heavy (non-hydrogen) atoms. The molecule has 0 saturated carbocycles. The van der Waals surface area contributed by atoms with Crippen LogP contribution >= 0.6 is 23.1 Å². The van der Waals surface area contributed by atoms with Gasteiger partial charge < -0.3 is 10.1 Å². The number of nitrogens with zero attached hydrogens (tertiary/aromatic N) is 1. The third kappa shape index (κ3) is 4.82. The van der Waals surface area contributed by atoms with E-state index in [2.05, 4.69) is 10.3 Å². The lowest BCUT2D eigenvalue weighted by molar-refractivity contribution is 0.0947. The van der Waals surface area contributed by atoms with Gasteiger partial charge >= 0.3 is 0 Å². The van der Waals surface area contributed by atoms with Crippen molar-refractivity contribution in [3.8, 4) is 10.6 Å². The second-order valence-electron chi connectivity index (χ2n) is 6.63. The topological polar surface area (TPSA) is 51.2 Å². The Morgan fingerprint density at radius 2 is 2.00 bits per heavy atom. The van der Waals surface area contributed by atoms with Gasteiger partial charge in [-0.3, -0.25) is 4.79 Å². The van der Waals surface area contributed by atoms with Gasteiger partial charge in [-0.15, -0.1) is 23.1 Å². The molecule has 4 rings (SSSR count).